The molecule has 0 amide bonds. The maximum atomic E-state index is 10.5. The van der Waals surface area contributed by atoms with Gasteiger partial charge in [0.1, 0.15) is 6.04 Å². The quantitative estimate of drug-likeness (QED) is 0.624. The van der Waals surface area contributed by atoms with Crippen molar-refractivity contribution >= 4 is 11.8 Å². The molecule has 1 aliphatic heterocycles. The zero-order chi connectivity index (χ0) is 12.7. The van der Waals surface area contributed by atoms with Gasteiger partial charge in [-0.15, -0.1) is 0 Å². The summed E-state index contributed by atoms with van der Waals surface area (Å²) in [5.41, 5.74) is 11.1. The summed E-state index contributed by atoms with van der Waals surface area (Å²) in [5.74, 6) is -0.227. The highest BCUT2D eigenvalue weighted by Gasteiger charge is 2.11. The van der Waals surface area contributed by atoms with E-state index in [1.54, 1.807) is 0 Å². The van der Waals surface area contributed by atoms with Crippen LogP contribution < -0.4 is 11.5 Å². The van der Waals surface area contributed by atoms with Crippen molar-refractivity contribution in [3.63, 3.8) is 0 Å². The van der Waals surface area contributed by atoms with Crippen LogP contribution in [0.4, 0.5) is 0 Å². The molecule has 0 saturated heterocycles. The predicted octanol–water partition coefficient (Wildman–Crippen LogP) is 1.03. The number of hydrogen-bond acceptors (Lipinski definition) is 4. The number of nitrogens with two attached hydrogens (primary N) is 2. The van der Waals surface area contributed by atoms with Crippen molar-refractivity contribution in [1.82, 2.24) is 0 Å². The van der Waals surface area contributed by atoms with Gasteiger partial charge in [0.2, 0.25) is 0 Å². The highest BCUT2D eigenvalue weighted by atomic mass is 16.4. The van der Waals surface area contributed by atoms with Gasteiger partial charge in [-0.2, -0.15) is 0 Å². The van der Waals surface area contributed by atoms with Gasteiger partial charge in [-0.05, 0) is 25.7 Å². The zero-order valence-corrected chi connectivity index (χ0v) is 10.0. The van der Waals surface area contributed by atoms with E-state index in [1.807, 2.05) is 12.2 Å². The molecule has 5 nitrogen and oxygen atoms in total. The molecule has 1 heterocycles. The third-order valence-electron chi connectivity index (χ3n) is 2.85. The largest absolute Gasteiger partial charge is 0.480 e. The fraction of sp³-hybridized carbons (Fsp3) is 0.667. The summed E-state index contributed by atoms with van der Waals surface area (Å²) >= 11 is 0. The Labute approximate surface area is 102 Å². The molecule has 2 atom stereocenters. The normalized spacial score (nSPS) is 23.1. The van der Waals surface area contributed by atoms with E-state index in [0.29, 0.717) is 6.42 Å². The van der Waals surface area contributed by atoms with E-state index in [4.69, 9.17) is 16.6 Å². The molecule has 0 aliphatic carbocycles. The average molecular weight is 239 g/mol. The minimum Gasteiger partial charge on any atom is -0.480 e. The van der Waals surface area contributed by atoms with E-state index in [0.717, 1.165) is 37.9 Å². The van der Waals surface area contributed by atoms with Crippen molar-refractivity contribution in [2.45, 2.75) is 50.6 Å². The lowest BCUT2D eigenvalue weighted by Crippen LogP contribution is -2.29. The SMILES string of the molecule is NC1=NC(C/C=C/C[C@H](N)C(=O)O)CCCC1. The third kappa shape index (κ3) is 5.49. The van der Waals surface area contributed by atoms with Crippen molar-refractivity contribution in [3.05, 3.63) is 12.2 Å². The number of amidine groups is 1. The summed E-state index contributed by atoms with van der Waals surface area (Å²) in [5, 5.41) is 8.60. The predicted molar refractivity (Wildman–Crippen MR) is 67.9 cm³/mol. The molecule has 17 heavy (non-hydrogen) atoms. The average Bonchev–Trinajstić information content (AvgIpc) is 2.48. The van der Waals surface area contributed by atoms with E-state index in [2.05, 4.69) is 4.99 Å². The first-order valence-electron chi connectivity index (χ1n) is 6.05. The highest BCUT2D eigenvalue weighted by molar-refractivity contribution is 5.80. The molecule has 0 aromatic rings. The molecule has 0 aromatic heterocycles. The summed E-state index contributed by atoms with van der Waals surface area (Å²) in [4.78, 5) is 14.9. The van der Waals surface area contributed by atoms with E-state index < -0.39 is 12.0 Å². The Bertz CT molecular complexity index is 313. The van der Waals surface area contributed by atoms with Crippen LogP contribution in [0, 0.1) is 0 Å². The van der Waals surface area contributed by atoms with Crippen molar-refractivity contribution in [2.24, 2.45) is 16.5 Å². The molecule has 1 aliphatic rings. The molecular formula is C12H21N3O2. The number of nitrogens with zero attached hydrogens (tertiary/aromatic N) is 1. The molecule has 1 unspecified atom stereocenters. The van der Waals surface area contributed by atoms with Crippen molar-refractivity contribution in [1.29, 1.82) is 0 Å². The number of carboxylic acids is 1. The monoisotopic (exact) mass is 239 g/mol. The maximum absolute atomic E-state index is 10.5. The van der Waals surface area contributed by atoms with E-state index in [9.17, 15) is 4.79 Å². The first-order chi connectivity index (χ1) is 8.09. The molecule has 0 aromatic carbocycles. The number of aliphatic imine (C=N–C) groups is 1. The van der Waals surface area contributed by atoms with Crippen molar-refractivity contribution < 1.29 is 9.90 Å². The highest BCUT2D eigenvalue weighted by Crippen LogP contribution is 2.15. The second kappa shape index (κ2) is 7.06. The fourth-order valence-electron chi connectivity index (χ4n) is 1.82. The number of aliphatic carboxylic acids is 1. The Balaban J connectivity index is 2.31. The van der Waals surface area contributed by atoms with Gasteiger partial charge in [0, 0.05) is 6.42 Å². The van der Waals surface area contributed by atoms with Crippen molar-refractivity contribution in [2.75, 3.05) is 0 Å². The summed E-state index contributed by atoms with van der Waals surface area (Å²) < 4.78 is 0. The van der Waals surface area contributed by atoms with Crippen LogP contribution >= 0.6 is 0 Å². The molecule has 0 bridgehead atoms. The van der Waals surface area contributed by atoms with Gasteiger partial charge >= 0.3 is 5.97 Å². The zero-order valence-electron chi connectivity index (χ0n) is 10.0. The maximum Gasteiger partial charge on any atom is 0.320 e. The van der Waals surface area contributed by atoms with Crippen LogP contribution in [0.2, 0.25) is 0 Å². The fourth-order valence-corrected chi connectivity index (χ4v) is 1.82. The Morgan fingerprint density at radius 1 is 1.53 bits per heavy atom. The lowest BCUT2D eigenvalue weighted by Gasteiger charge is -2.07. The number of rotatable bonds is 5. The van der Waals surface area contributed by atoms with Gasteiger partial charge in [0.25, 0.3) is 0 Å². The number of carboxylic acid groups (broad SMARTS) is 1. The Morgan fingerprint density at radius 3 is 3.00 bits per heavy atom. The van der Waals surface area contributed by atoms with Crippen LogP contribution in [0.15, 0.2) is 17.1 Å². The smallest absolute Gasteiger partial charge is 0.320 e. The lowest BCUT2D eigenvalue weighted by molar-refractivity contribution is -0.138. The molecular weight excluding hydrogens is 218 g/mol. The third-order valence-corrected chi connectivity index (χ3v) is 2.85. The number of carbonyl (C=O) groups is 1. The summed E-state index contributed by atoms with van der Waals surface area (Å²) in [7, 11) is 0. The Hall–Kier alpha value is -1.36. The molecule has 5 N–H and O–H groups in total. The second-order valence-corrected chi connectivity index (χ2v) is 4.41. The van der Waals surface area contributed by atoms with Crippen LogP contribution in [0.25, 0.3) is 0 Å². The Kier molecular flexibility index (Phi) is 5.69. The lowest BCUT2D eigenvalue weighted by atomic mass is 10.1. The molecule has 96 valence electrons. The summed E-state index contributed by atoms with van der Waals surface area (Å²) in [6.45, 7) is 0. The van der Waals surface area contributed by atoms with Gasteiger partial charge in [-0.1, -0.05) is 18.6 Å². The topological polar surface area (TPSA) is 102 Å². The standard InChI is InChI=1S/C12H21N3O2/c13-10(12(16)17)7-3-1-5-9-6-2-4-8-11(14)15-9/h1,3,9-10H,2,4-8,13H2,(H2,14,15)(H,16,17)/b3-1+/t9?,10-/m0/s1. The minimum absolute atomic E-state index is 0.245. The molecule has 0 radical (unpaired) electrons. The summed E-state index contributed by atoms with van der Waals surface area (Å²) in [6, 6.07) is -0.566. The minimum atomic E-state index is -0.966. The molecule has 5 heteroatoms. The van der Waals surface area contributed by atoms with Gasteiger partial charge in [0.15, 0.2) is 0 Å². The van der Waals surface area contributed by atoms with Crippen LogP contribution in [0.3, 0.4) is 0 Å². The molecule has 0 fully saturated rings. The van der Waals surface area contributed by atoms with Gasteiger partial charge in [-0.3, -0.25) is 9.79 Å². The van der Waals surface area contributed by atoms with E-state index in [1.165, 1.54) is 0 Å². The van der Waals surface area contributed by atoms with Crippen LogP contribution in [0.1, 0.15) is 38.5 Å². The van der Waals surface area contributed by atoms with Crippen molar-refractivity contribution in [3.8, 4) is 0 Å². The van der Waals surface area contributed by atoms with Gasteiger partial charge < -0.3 is 16.6 Å². The van der Waals surface area contributed by atoms with E-state index >= 15 is 0 Å². The first kappa shape index (κ1) is 13.7. The van der Waals surface area contributed by atoms with Crippen LogP contribution in [-0.2, 0) is 4.79 Å². The van der Waals surface area contributed by atoms with E-state index in [-0.39, 0.29) is 6.04 Å². The van der Waals surface area contributed by atoms with Gasteiger partial charge in [-0.25, -0.2) is 0 Å². The summed E-state index contributed by atoms with van der Waals surface area (Å²) in [6.07, 6.45) is 9.15. The molecule has 0 saturated carbocycles. The van der Waals surface area contributed by atoms with Crippen LogP contribution in [-0.4, -0.2) is 29.0 Å². The first-order valence-corrected chi connectivity index (χ1v) is 6.05. The number of hydrogen-bond donors (Lipinski definition) is 3. The molecule has 1 rings (SSSR count). The Morgan fingerprint density at radius 2 is 2.29 bits per heavy atom. The molecule has 0 spiro atoms. The second-order valence-electron chi connectivity index (χ2n) is 4.41. The van der Waals surface area contributed by atoms with Crippen LogP contribution in [0.5, 0.6) is 0 Å². The van der Waals surface area contributed by atoms with Gasteiger partial charge in [0.05, 0.1) is 11.9 Å².